The zero-order valence-electron chi connectivity index (χ0n) is 32.0. The number of hydrogen-bond donors (Lipinski definition) is 6. The molecule has 6 N–H and O–H groups in total. The van der Waals surface area contributed by atoms with Crippen LogP contribution in [0, 0.1) is 46.3 Å². The number of fused-ring (bicyclic) bond motifs is 5. The Balaban J connectivity index is 1.15. The van der Waals surface area contributed by atoms with Gasteiger partial charge in [-0.05, 0) is 92.3 Å². The van der Waals surface area contributed by atoms with Gasteiger partial charge in [0, 0.05) is 6.92 Å². The van der Waals surface area contributed by atoms with Gasteiger partial charge in [-0.1, -0.05) is 58.6 Å². The van der Waals surface area contributed by atoms with Crippen molar-refractivity contribution in [2.45, 2.75) is 167 Å². The summed E-state index contributed by atoms with van der Waals surface area (Å²) in [4.78, 5) is 25.2. The van der Waals surface area contributed by atoms with Crippen molar-refractivity contribution in [3.63, 3.8) is 0 Å². The average Bonchev–Trinajstić information content (AvgIpc) is 3.62. The smallest absolute Gasteiger partial charge is 0.314 e. The third-order valence-electron chi connectivity index (χ3n) is 14.4. The number of allylic oxidation sites excluding steroid dienone is 1. The van der Waals surface area contributed by atoms with E-state index in [0.717, 1.165) is 38.2 Å². The first kappa shape index (κ1) is 41.0. The molecule has 53 heavy (non-hydrogen) atoms. The van der Waals surface area contributed by atoms with Crippen LogP contribution in [0.1, 0.15) is 105 Å². The molecule has 0 spiro atoms. The van der Waals surface area contributed by atoms with Gasteiger partial charge in [-0.2, -0.15) is 0 Å². The zero-order chi connectivity index (χ0) is 38.4. The topological polar surface area (TPSA) is 202 Å². The molecule has 4 aliphatic carbocycles. The molecule has 6 rings (SSSR count). The third kappa shape index (κ3) is 7.60. The number of aliphatic carboxylic acids is 1. The molecule has 13 nitrogen and oxygen atoms in total. The standard InChI is InChI=1S/C40H64O13/c1-20(2)7-6-8-21(3)26-11-12-27-25-10-9-23-17-24(13-16-40(23,38(47)48)28(25)14-15-39(26,27)5)50-36-33(46)34(31(44)29(18-41)51-36)53-37-35(49-22(4)43)32(45)30(19-42)52-37/h9,20-21,24-37,41-42,44-46H,6-8,10-19H2,1-5H3,(H,47,48)/t21-,24+,25+,26-,27+,28+,29-,30-,31-,32-,33-,34+,35+,36-,37-,39-,40-/m1/s1. The minimum Gasteiger partial charge on any atom is -0.481 e. The Labute approximate surface area is 313 Å². The molecule has 2 saturated heterocycles. The minimum atomic E-state index is -1.60. The Kier molecular flexibility index (Phi) is 12.7. The van der Waals surface area contributed by atoms with Gasteiger partial charge in [0.05, 0.1) is 24.7 Å². The van der Waals surface area contributed by atoms with Crippen molar-refractivity contribution in [3.8, 4) is 0 Å². The molecule has 0 unspecified atom stereocenters. The predicted molar refractivity (Wildman–Crippen MR) is 190 cm³/mol. The van der Waals surface area contributed by atoms with Crippen molar-refractivity contribution >= 4 is 11.9 Å². The lowest BCUT2D eigenvalue weighted by Crippen LogP contribution is -2.62. The zero-order valence-corrected chi connectivity index (χ0v) is 32.0. The van der Waals surface area contributed by atoms with Gasteiger partial charge in [-0.15, -0.1) is 0 Å². The second-order valence-electron chi connectivity index (χ2n) is 17.7. The Morgan fingerprint density at radius 2 is 1.55 bits per heavy atom. The van der Waals surface area contributed by atoms with Crippen LogP contribution in [0.3, 0.4) is 0 Å². The molecule has 6 aliphatic rings. The fourth-order valence-electron chi connectivity index (χ4n) is 11.8. The highest BCUT2D eigenvalue weighted by atomic mass is 16.7. The first-order valence-electron chi connectivity index (χ1n) is 20.1. The van der Waals surface area contributed by atoms with Gasteiger partial charge in [0.2, 0.25) is 0 Å². The van der Waals surface area contributed by atoms with Crippen molar-refractivity contribution in [3.05, 3.63) is 11.6 Å². The number of esters is 1. The van der Waals surface area contributed by atoms with Crippen LogP contribution in [0.2, 0.25) is 0 Å². The molecule has 0 aromatic rings. The molecule has 3 saturated carbocycles. The second kappa shape index (κ2) is 16.4. The molecule has 0 amide bonds. The van der Waals surface area contributed by atoms with E-state index in [-0.39, 0.29) is 11.3 Å². The van der Waals surface area contributed by atoms with E-state index in [1.807, 2.05) is 0 Å². The molecule has 2 aliphatic heterocycles. The number of carbonyl (C=O) groups is 2. The van der Waals surface area contributed by atoms with Gasteiger partial charge in [-0.3, -0.25) is 9.59 Å². The van der Waals surface area contributed by atoms with E-state index in [1.165, 1.54) is 25.7 Å². The van der Waals surface area contributed by atoms with E-state index < -0.39 is 92.0 Å². The van der Waals surface area contributed by atoms with Gasteiger partial charge in [0.15, 0.2) is 18.7 Å². The van der Waals surface area contributed by atoms with Crippen LogP contribution in [-0.2, 0) is 33.3 Å². The first-order chi connectivity index (χ1) is 25.2. The second-order valence-corrected chi connectivity index (χ2v) is 17.7. The summed E-state index contributed by atoms with van der Waals surface area (Å²) in [6.45, 7) is 9.41. The van der Waals surface area contributed by atoms with Crippen molar-refractivity contribution in [1.29, 1.82) is 0 Å². The Morgan fingerprint density at radius 3 is 2.19 bits per heavy atom. The molecule has 0 aromatic carbocycles. The van der Waals surface area contributed by atoms with Crippen molar-refractivity contribution < 1.29 is 63.9 Å². The van der Waals surface area contributed by atoms with Gasteiger partial charge in [0.25, 0.3) is 0 Å². The molecule has 0 radical (unpaired) electrons. The number of aliphatic hydroxyl groups excluding tert-OH is 5. The number of aliphatic hydroxyl groups is 5. The van der Waals surface area contributed by atoms with E-state index in [2.05, 4.69) is 33.8 Å². The molecule has 5 fully saturated rings. The predicted octanol–water partition coefficient (Wildman–Crippen LogP) is 3.31. The van der Waals surface area contributed by atoms with Crippen LogP contribution in [0.4, 0.5) is 0 Å². The molecule has 13 heteroatoms. The van der Waals surface area contributed by atoms with Crippen molar-refractivity contribution in [2.75, 3.05) is 13.2 Å². The lowest BCUT2D eigenvalue weighted by Gasteiger charge is -2.58. The summed E-state index contributed by atoms with van der Waals surface area (Å²) < 4.78 is 28.8. The van der Waals surface area contributed by atoms with Crippen molar-refractivity contribution in [1.82, 2.24) is 0 Å². The van der Waals surface area contributed by atoms with Gasteiger partial charge >= 0.3 is 11.9 Å². The first-order valence-corrected chi connectivity index (χ1v) is 20.1. The summed E-state index contributed by atoms with van der Waals surface area (Å²) >= 11 is 0. The van der Waals surface area contributed by atoms with Crippen LogP contribution in [0.5, 0.6) is 0 Å². The SMILES string of the molecule is CC(=O)O[C@@H]1[C@@H](O[C@@H]2[C@@H](O)[C@H](O[C@H]3CC[C@@]4(C(=O)O)C(=CC[C@@H]5[C@@H]4CC[C@]4(C)[C@@H]([C@H](C)CCCC(C)C)CC[C@@H]54)C3)O[C@H](CO)[C@H]2O)O[C@H](CO)[C@H]1O. The fourth-order valence-corrected chi connectivity index (χ4v) is 11.8. The molecule has 2 heterocycles. The summed E-state index contributed by atoms with van der Waals surface area (Å²) in [5, 5.41) is 63.7. The van der Waals surface area contributed by atoms with Gasteiger partial charge in [0.1, 0.15) is 36.6 Å². The molecule has 0 aromatic heterocycles. The number of carbonyl (C=O) groups excluding carboxylic acids is 1. The largest absolute Gasteiger partial charge is 0.481 e. The maximum atomic E-state index is 13.4. The van der Waals surface area contributed by atoms with E-state index >= 15 is 0 Å². The molecule has 302 valence electrons. The van der Waals surface area contributed by atoms with Crippen molar-refractivity contribution in [2.24, 2.45) is 46.3 Å². The van der Waals surface area contributed by atoms with E-state index in [4.69, 9.17) is 23.7 Å². The highest BCUT2D eigenvalue weighted by Crippen LogP contribution is 2.67. The number of ether oxygens (including phenoxy) is 5. The normalized spacial score (nSPS) is 45.9. The highest BCUT2D eigenvalue weighted by molar-refractivity contribution is 5.80. The number of carboxylic acids is 1. The van der Waals surface area contributed by atoms with Crippen LogP contribution < -0.4 is 0 Å². The highest BCUT2D eigenvalue weighted by Gasteiger charge is 2.63. The minimum absolute atomic E-state index is 0.0481. The van der Waals surface area contributed by atoms with E-state index in [0.29, 0.717) is 48.9 Å². The summed E-state index contributed by atoms with van der Waals surface area (Å²) in [7, 11) is 0. The lowest BCUT2D eigenvalue weighted by atomic mass is 9.46. The fraction of sp³-hybridized carbons (Fsp3) is 0.900. The summed E-state index contributed by atoms with van der Waals surface area (Å²) in [6, 6.07) is 0. The van der Waals surface area contributed by atoms with Crippen LogP contribution >= 0.6 is 0 Å². The van der Waals surface area contributed by atoms with E-state index in [1.54, 1.807) is 0 Å². The van der Waals surface area contributed by atoms with Crippen LogP contribution in [0.15, 0.2) is 11.6 Å². The Bertz CT molecular complexity index is 1320. The Hall–Kier alpha value is -1.68. The maximum Gasteiger partial charge on any atom is 0.314 e. The molecular formula is C40H64O13. The summed E-state index contributed by atoms with van der Waals surface area (Å²) in [6.07, 6.45) is -0.813. The summed E-state index contributed by atoms with van der Waals surface area (Å²) in [5.74, 6) is 1.41. The van der Waals surface area contributed by atoms with Gasteiger partial charge in [-0.25, -0.2) is 0 Å². The van der Waals surface area contributed by atoms with E-state index in [9.17, 15) is 40.2 Å². The average molecular weight is 753 g/mol. The number of hydrogen-bond acceptors (Lipinski definition) is 12. The molecule has 0 bridgehead atoms. The third-order valence-corrected chi connectivity index (χ3v) is 14.4. The van der Waals surface area contributed by atoms with Crippen LogP contribution in [-0.4, -0.2) is 117 Å². The number of rotatable bonds is 13. The maximum absolute atomic E-state index is 13.4. The quantitative estimate of drug-likeness (QED) is 0.118. The number of carboxylic acid groups (broad SMARTS) is 1. The van der Waals surface area contributed by atoms with Gasteiger partial charge < -0.3 is 54.3 Å². The lowest BCUT2D eigenvalue weighted by molar-refractivity contribution is -0.338. The van der Waals surface area contributed by atoms with Crippen LogP contribution in [0.25, 0.3) is 0 Å². The Morgan fingerprint density at radius 1 is 0.868 bits per heavy atom. The molecular weight excluding hydrogens is 688 g/mol. The monoisotopic (exact) mass is 752 g/mol. The summed E-state index contributed by atoms with van der Waals surface area (Å²) in [5.41, 5.74) is 0.123. The molecule has 17 atom stereocenters.